The standard InChI is InChI=1S/C13H27N/c1-10-7-6-8-12(9-10)14-11(2)13(3,4)5/h10-12,14H,6-9H2,1-5H3. The largest absolute Gasteiger partial charge is 0.311 e. The average Bonchev–Trinajstić information content (AvgIpc) is 2.02. The van der Waals surface area contributed by atoms with Gasteiger partial charge < -0.3 is 5.32 Å². The van der Waals surface area contributed by atoms with E-state index in [-0.39, 0.29) is 0 Å². The van der Waals surface area contributed by atoms with Crippen LogP contribution < -0.4 is 5.32 Å². The molecule has 84 valence electrons. The van der Waals surface area contributed by atoms with Crippen molar-refractivity contribution < 1.29 is 0 Å². The van der Waals surface area contributed by atoms with Crippen LogP contribution in [0.15, 0.2) is 0 Å². The summed E-state index contributed by atoms with van der Waals surface area (Å²) in [5, 5.41) is 3.79. The molecule has 1 rings (SSSR count). The fourth-order valence-electron chi connectivity index (χ4n) is 2.19. The van der Waals surface area contributed by atoms with Crippen LogP contribution in [0.3, 0.4) is 0 Å². The van der Waals surface area contributed by atoms with Gasteiger partial charge in [0, 0.05) is 12.1 Å². The predicted molar refractivity (Wildman–Crippen MR) is 63.5 cm³/mol. The Balaban J connectivity index is 2.36. The summed E-state index contributed by atoms with van der Waals surface area (Å²) in [5.41, 5.74) is 0.390. The molecule has 0 aliphatic heterocycles. The Kier molecular flexibility index (Phi) is 4.00. The van der Waals surface area contributed by atoms with E-state index in [9.17, 15) is 0 Å². The molecule has 3 unspecified atom stereocenters. The van der Waals surface area contributed by atoms with Gasteiger partial charge >= 0.3 is 0 Å². The molecule has 1 aliphatic carbocycles. The fourth-order valence-corrected chi connectivity index (χ4v) is 2.19. The van der Waals surface area contributed by atoms with Crippen molar-refractivity contribution in [2.75, 3.05) is 0 Å². The van der Waals surface area contributed by atoms with E-state index in [1.807, 2.05) is 0 Å². The highest BCUT2D eigenvalue weighted by atomic mass is 15.0. The normalized spacial score (nSPS) is 31.5. The van der Waals surface area contributed by atoms with E-state index in [4.69, 9.17) is 0 Å². The zero-order chi connectivity index (χ0) is 10.8. The Morgan fingerprint density at radius 2 is 1.86 bits per heavy atom. The Labute approximate surface area is 89.7 Å². The molecule has 1 N–H and O–H groups in total. The summed E-state index contributed by atoms with van der Waals surface area (Å²) in [4.78, 5) is 0. The second-order valence-corrected chi connectivity index (χ2v) is 6.22. The first kappa shape index (κ1) is 12.0. The highest BCUT2D eigenvalue weighted by Crippen LogP contribution is 2.26. The Bertz CT molecular complexity index is 169. The zero-order valence-electron chi connectivity index (χ0n) is 10.6. The molecular formula is C13H27N. The second kappa shape index (κ2) is 4.65. The monoisotopic (exact) mass is 197 g/mol. The van der Waals surface area contributed by atoms with Gasteiger partial charge in [-0.2, -0.15) is 0 Å². The molecule has 0 amide bonds. The van der Waals surface area contributed by atoms with Gasteiger partial charge in [-0.25, -0.2) is 0 Å². The number of hydrogen-bond donors (Lipinski definition) is 1. The van der Waals surface area contributed by atoms with Crippen molar-refractivity contribution in [3.05, 3.63) is 0 Å². The van der Waals surface area contributed by atoms with Crippen LogP contribution in [0.5, 0.6) is 0 Å². The summed E-state index contributed by atoms with van der Waals surface area (Å²) in [6.07, 6.45) is 5.60. The lowest BCUT2D eigenvalue weighted by Crippen LogP contribution is -2.45. The SMILES string of the molecule is CC1CCCC(NC(C)C(C)(C)C)C1. The first-order valence-corrected chi connectivity index (χ1v) is 6.15. The van der Waals surface area contributed by atoms with Crippen LogP contribution in [-0.2, 0) is 0 Å². The van der Waals surface area contributed by atoms with Crippen LogP contribution in [-0.4, -0.2) is 12.1 Å². The van der Waals surface area contributed by atoms with Crippen molar-refractivity contribution in [3.8, 4) is 0 Å². The maximum atomic E-state index is 3.79. The lowest BCUT2D eigenvalue weighted by atomic mass is 9.83. The van der Waals surface area contributed by atoms with Crippen LogP contribution in [0.25, 0.3) is 0 Å². The maximum absolute atomic E-state index is 3.79. The molecule has 1 aliphatic rings. The van der Waals surface area contributed by atoms with Crippen LogP contribution in [0.2, 0.25) is 0 Å². The van der Waals surface area contributed by atoms with Crippen molar-refractivity contribution >= 4 is 0 Å². The lowest BCUT2D eigenvalue weighted by Gasteiger charge is -2.35. The molecule has 3 atom stereocenters. The summed E-state index contributed by atoms with van der Waals surface area (Å²) < 4.78 is 0. The summed E-state index contributed by atoms with van der Waals surface area (Å²) in [5.74, 6) is 0.924. The maximum Gasteiger partial charge on any atom is 0.00898 e. The quantitative estimate of drug-likeness (QED) is 0.713. The van der Waals surface area contributed by atoms with Crippen LogP contribution >= 0.6 is 0 Å². The Morgan fingerprint density at radius 1 is 1.21 bits per heavy atom. The van der Waals surface area contributed by atoms with Crippen LogP contribution in [0.1, 0.15) is 60.3 Å². The lowest BCUT2D eigenvalue weighted by molar-refractivity contribution is 0.218. The molecule has 0 radical (unpaired) electrons. The third-order valence-corrected chi connectivity index (χ3v) is 3.72. The van der Waals surface area contributed by atoms with E-state index < -0.39 is 0 Å². The van der Waals surface area contributed by atoms with Crippen molar-refractivity contribution in [1.82, 2.24) is 5.32 Å². The minimum absolute atomic E-state index is 0.390. The first-order chi connectivity index (χ1) is 6.39. The van der Waals surface area contributed by atoms with Gasteiger partial charge in [0.25, 0.3) is 0 Å². The van der Waals surface area contributed by atoms with E-state index in [2.05, 4.69) is 39.9 Å². The van der Waals surface area contributed by atoms with E-state index in [0.29, 0.717) is 11.5 Å². The van der Waals surface area contributed by atoms with Gasteiger partial charge in [0.1, 0.15) is 0 Å². The van der Waals surface area contributed by atoms with E-state index in [1.54, 1.807) is 0 Å². The van der Waals surface area contributed by atoms with Gasteiger partial charge in [-0.05, 0) is 31.1 Å². The molecule has 1 nitrogen and oxygen atoms in total. The highest BCUT2D eigenvalue weighted by molar-refractivity contribution is 4.83. The van der Waals surface area contributed by atoms with Gasteiger partial charge in [-0.1, -0.05) is 40.5 Å². The molecule has 1 heteroatoms. The fraction of sp³-hybridized carbons (Fsp3) is 1.00. The minimum Gasteiger partial charge on any atom is -0.311 e. The molecule has 0 aromatic carbocycles. The van der Waals surface area contributed by atoms with E-state index in [1.165, 1.54) is 25.7 Å². The van der Waals surface area contributed by atoms with Gasteiger partial charge in [0.15, 0.2) is 0 Å². The second-order valence-electron chi connectivity index (χ2n) is 6.22. The first-order valence-electron chi connectivity index (χ1n) is 6.15. The van der Waals surface area contributed by atoms with Gasteiger partial charge in [0.2, 0.25) is 0 Å². The molecule has 14 heavy (non-hydrogen) atoms. The molecule has 1 saturated carbocycles. The number of hydrogen-bond acceptors (Lipinski definition) is 1. The van der Waals surface area contributed by atoms with Crippen LogP contribution in [0, 0.1) is 11.3 Å². The van der Waals surface area contributed by atoms with Crippen molar-refractivity contribution in [3.63, 3.8) is 0 Å². The molecule has 0 bridgehead atoms. The van der Waals surface area contributed by atoms with Crippen LogP contribution in [0.4, 0.5) is 0 Å². The smallest absolute Gasteiger partial charge is 0.00898 e. The van der Waals surface area contributed by atoms with Crippen molar-refractivity contribution in [2.24, 2.45) is 11.3 Å². The topological polar surface area (TPSA) is 12.0 Å². The summed E-state index contributed by atoms with van der Waals surface area (Å²) in [6, 6.07) is 1.39. The molecule has 0 heterocycles. The molecule has 0 spiro atoms. The Hall–Kier alpha value is -0.0400. The molecule has 0 saturated heterocycles. The van der Waals surface area contributed by atoms with Gasteiger partial charge in [0.05, 0.1) is 0 Å². The van der Waals surface area contributed by atoms with Crippen molar-refractivity contribution in [2.45, 2.75) is 72.4 Å². The predicted octanol–water partition coefficient (Wildman–Crippen LogP) is 3.59. The average molecular weight is 197 g/mol. The Morgan fingerprint density at radius 3 is 2.36 bits per heavy atom. The third kappa shape index (κ3) is 3.61. The summed E-state index contributed by atoms with van der Waals surface area (Å²) in [7, 11) is 0. The van der Waals surface area contributed by atoms with E-state index in [0.717, 1.165) is 12.0 Å². The molecular weight excluding hydrogens is 170 g/mol. The zero-order valence-corrected chi connectivity index (χ0v) is 10.6. The number of nitrogens with one attached hydrogen (secondary N) is 1. The summed E-state index contributed by atoms with van der Waals surface area (Å²) >= 11 is 0. The molecule has 1 fully saturated rings. The highest BCUT2D eigenvalue weighted by Gasteiger charge is 2.25. The van der Waals surface area contributed by atoms with Gasteiger partial charge in [-0.15, -0.1) is 0 Å². The van der Waals surface area contributed by atoms with E-state index >= 15 is 0 Å². The minimum atomic E-state index is 0.390. The molecule has 0 aromatic heterocycles. The van der Waals surface area contributed by atoms with Gasteiger partial charge in [-0.3, -0.25) is 0 Å². The third-order valence-electron chi connectivity index (χ3n) is 3.72. The summed E-state index contributed by atoms with van der Waals surface area (Å²) in [6.45, 7) is 11.7. The van der Waals surface area contributed by atoms with Crippen molar-refractivity contribution in [1.29, 1.82) is 0 Å². The number of rotatable bonds is 2. The molecule has 0 aromatic rings.